The summed E-state index contributed by atoms with van der Waals surface area (Å²) in [5.41, 5.74) is 10.3. The molecule has 0 atom stereocenters. The van der Waals surface area contributed by atoms with Gasteiger partial charge in [-0.05, 0) is 49.4 Å². The van der Waals surface area contributed by atoms with Crippen molar-refractivity contribution in [2.45, 2.75) is 27.2 Å². The fraction of sp³-hybridized carbons (Fsp3) is 0.462. The fourth-order valence-corrected chi connectivity index (χ4v) is 1.69. The number of primary amides is 1. The summed E-state index contributed by atoms with van der Waals surface area (Å²) < 4.78 is 0. The Morgan fingerprint density at radius 3 is 2.31 bits per heavy atom. The van der Waals surface area contributed by atoms with E-state index in [9.17, 15) is 4.79 Å². The molecular weight excluding hydrogens is 200 g/mol. The number of aryl methyl sites for hydroxylation is 3. The molecule has 3 nitrogen and oxygen atoms in total. The van der Waals surface area contributed by atoms with Crippen LogP contribution in [0, 0.1) is 20.8 Å². The molecule has 0 saturated carbocycles. The number of carbonyl (C=O) groups is 1. The van der Waals surface area contributed by atoms with Gasteiger partial charge in [0.1, 0.15) is 0 Å². The molecule has 0 aliphatic rings. The molecule has 0 heterocycles. The number of nitrogens with two attached hydrogens (primary N) is 1. The van der Waals surface area contributed by atoms with Gasteiger partial charge >= 0.3 is 6.03 Å². The van der Waals surface area contributed by atoms with Crippen molar-refractivity contribution in [3.63, 3.8) is 0 Å². The quantitative estimate of drug-likeness (QED) is 0.833. The number of urea groups is 1. The predicted molar refractivity (Wildman–Crippen MR) is 66.6 cm³/mol. The lowest BCUT2D eigenvalue weighted by atomic mass is 9.99. The van der Waals surface area contributed by atoms with Gasteiger partial charge < -0.3 is 10.6 Å². The molecule has 3 heteroatoms. The molecule has 0 aliphatic carbocycles. The summed E-state index contributed by atoms with van der Waals surface area (Å²) in [5.74, 6) is 0. The zero-order valence-electron chi connectivity index (χ0n) is 10.5. The number of nitrogens with zero attached hydrogens (tertiary/aromatic N) is 1. The van der Waals surface area contributed by atoms with Crippen LogP contribution < -0.4 is 5.73 Å². The second-order valence-corrected chi connectivity index (χ2v) is 4.37. The smallest absolute Gasteiger partial charge is 0.314 e. The highest BCUT2D eigenvalue weighted by Gasteiger charge is 2.06. The van der Waals surface area contributed by atoms with Crippen LogP contribution in [0.2, 0.25) is 0 Å². The molecule has 0 aliphatic heterocycles. The van der Waals surface area contributed by atoms with E-state index in [1.807, 2.05) is 0 Å². The maximum atomic E-state index is 10.9. The molecule has 0 radical (unpaired) electrons. The van der Waals surface area contributed by atoms with Crippen LogP contribution in [-0.4, -0.2) is 24.5 Å². The van der Waals surface area contributed by atoms with Gasteiger partial charge in [0, 0.05) is 13.6 Å². The largest absolute Gasteiger partial charge is 0.351 e. The highest BCUT2D eigenvalue weighted by Crippen LogP contribution is 2.15. The fourth-order valence-electron chi connectivity index (χ4n) is 1.69. The predicted octanol–water partition coefficient (Wildman–Crippen LogP) is 2.16. The maximum Gasteiger partial charge on any atom is 0.314 e. The highest BCUT2D eigenvalue weighted by atomic mass is 16.2. The van der Waals surface area contributed by atoms with E-state index in [2.05, 4.69) is 32.9 Å². The highest BCUT2D eigenvalue weighted by molar-refractivity contribution is 5.71. The van der Waals surface area contributed by atoms with Crippen molar-refractivity contribution in [1.82, 2.24) is 4.90 Å². The lowest BCUT2D eigenvalue weighted by Crippen LogP contribution is -2.33. The minimum atomic E-state index is -0.374. The number of rotatable bonds is 3. The molecule has 88 valence electrons. The van der Waals surface area contributed by atoms with Crippen molar-refractivity contribution in [3.8, 4) is 0 Å². The van der Waals surface area contributed by atoms with Crippen LogP contribution in [0.25, 0.3) is 0 Å². The van der Waals surface area contributed by atoms with E-state index < -0.39 is 0 Å². The monoisotopic (exact) mass is 220 g/mol. The minimum absolute atomic E-state index is 0.374. The average molecular weight is 220 g/mol. The standard InChI is InChI=1S/C13H20N2O/c1-9-7-11(3)12(8-10(9)2)5-6-15(4)13(14)16/h7-8H,5-6H2,1-4H3,(H2,14,16). The summed E-state index contributed by atoms with van der Waals surface area (Å²) in [4.78, 5) is 12.4. The molecule has 0 unspecified atom stereocenters. The van der Waals surface area contributed by atoms with Crippen molar-refractivity contribution in [3.05, 3.63) is 34.4 Å². The maximum absolute atomic E-state index is 10.9. The Balaban J connectivity index is 2.74. The summed E-state index contributed by atoms with van der Waals surface area (Å²) in [5, 5.41) is 0. The number of amides is 2. The van der Waals surface area contributed by atoms with E-state index in [1.54, 1.807) is 7.05 Å². The minimum Gasteiger partial charge on any atom is -0.351 e. The van der Waals surface area contributed by atoms with Gasteiger partial charge in [-0.15, -0.1) is 0 Å². The summed E-state index contributed by atoms with van der Waals surface area (Å²) in [7, 11) is 1.72. The summed E-state index contributed by atoms with van der Waals surface area (Å²) >= 11 is 0. The third-order valence-electron chi connectivity index (χ3n) is 3.05. The van der Waals surface area contributed by atoms with E-state index in [-0.39, 0.29) is 6.03 Å². The molecule has 1 aromatic carbocycles. The third kappa shape index (κ3) is 2.99. The van der Waals surface area contributed by atoms with Crippen molar-refractivity contribution in [2.75, 3.05) is 13.6 Å². The molecule has 0 spiro atoms. The van der Waals surface area contributed by atoms with Crippen LogP contribution in [0.5, 0.6) is 0 Å². The van der Waals surface area contributed by atoms with Gasteiger partial charge in [-0.3, -0.25) is 0 Å². The van der Waals surface area contributed by atoms with Crippen LogP contribution in [0.15, 0.2) is 12.1 Å². The Labute approximate surface area is 97.2 Å². The molecule has 1 aromatic rings. The van der Waals surface area contributed by atoms with Crippen LogP contribution in [0.4, 0.5) is 4.79 Å². The summed E-state index contributed by atoms with van der Waals surface area (Å²) in [6.07, 6.45) is 0.854. The van der Waals surface area contributed by atoms with E-state index in [0.717, 1.165) is 6.42 Å². The van der Waals surface area contributed by atoms with Crippen molar-refractivity contribution in [1.29, 1.82) is 0 Å². The first-order valence-corrected chi connectivity index (χ1v) is 5.49. The zero-order chi connectivity index (χ0) is 12.3. The van der Waals surface area contributed by atoms with Crippen LogP contribution >= 0.6 is 0 Å². The molecule has 0 aromatic heterocycles. The number of hydrogen-bond donors (Lipinski definition) is 1. The van der Waals surface area contributed by atoms with E-state index in [1.165, 1.54) is 27.2 Å². The topological polar surface area (TPSA) is 46.3 Å². The lowest BCUT2D eigenvalue weighted by Gasteiger charge is -2.15. The number of hydrogen-bond acceptors (Lipinski definition) is 1. The van der Waals surface area contributed by atoms with Crippen LogP contribution in [0.3, 0.4) is 0 Å². The molecule has 0 saturated heterocycles. The summed E-state index contributed by atoms with van der Waals surface area (Å²) in [6, 6.07) is 4.01. The van der Waals surface area contributed by atoms with Crippen molar-refractivity contribution in [2.24, 2.45) is 5.73 Å². The molecule has 1 rings (SSSR count). The van der Waals surface area contributed by atoms with E-state index in [4.69, 9.17) is 5.73 Å². The van der Waals surface area contributed by atoms with Gasteiger partial charge in [0.05, 0.1) is 0 Å². The molecule has 0 fully saturated rings. The zero-order valence-corrected chi connectivity index (χ0v) is 10.5. The van der Waals surface area contributed by atoms with Crippen LogP contribution in [-0.2, 0) is 6.42 Å². The van der Waals surface area contributed by atoms with Gasteiger partial charge in [-0.1, -0.05) is 12.1 Å². The van der Waals surface area contributed by atoms with E-state index in [0.29, 0.717) is 6.54 Å². The Morgan fingerprint density at radius 1 is 1.19 bits per heavy atom. The van der Waals surface area contributed by atoms with Gasteiger partial charge in [0.25, 0.3) is 0 Å². The molecule has 0 bridgehead atoms. The normalized spacial score (nSPS) is 10.2. The Hall–Kier alpha value is -1.51. The van der Waals surface area contributed by atoms with Crippen molar-refractivity contribution >= 4 is 6.03 Å². The number of carbonyl (C=O) groups excluding carboxylic acids is 1. The van der Waals surface area contributed by atoms with Gasteiger partial charge in [-0.25, -0.2) is 4.79 Å². The van der Waals surface area contributed by atoms with Crippen LogP contribution in [0.1, 0.15) is 22.3 Å². The molecular formula is C13H20N2O. The molecule has 2 amide bonds. The van der Waals surface area contributed by atoms with Gasteiger partial charge in [0.15, 0.2) is 0 Å². The molecule has 16 heavy (non-hydrogen) atoms. The lowest BCUT2D eigenvalue weighted by molar-refractivity contribution is 0.219. The Kier molecular flexibility index (Phi) is 3.93. The Bertz CT molecular complexity index is 399. The average Bonchev–Trinajstić information content (AvgIpc) is 2.20. The third-order valence-corrected chi connectivity index (χ3v) is 3.05. The summed E-state index contributed by atoms with van der Waals surface area (Å²) in [6.45, 7) is 6.99. The number of likely N-dealkylation sites (N-methyl/N-ethyl adjacent to an activating group) is 1. The second-order valence-electron chi connectivity index (χ2n) is 4.37. The second kappa shape index (κ2) is 5.01. The van der Waals surface area contributed by atoms with E-state index >= 15 is 0 Å². The van der Waals surface area contributed by atoms with Crippen molar-refractivity contribution < 1.29 is 4.79 Å². The molecule has 2 N–H and O–H groups in total. The first kappa shape index (κ1) is 12.6. The first-order chi connectivity index (χ1) is 7.41. The van der Waals surface area contributed by atoms with Gasteiger partial charge in [-0.2, -0.15) is 0 Å². The number of benzene rings is 1. The SMILES string of the molecule is Cc1cc(C)c(CCN(C)C(N)=O)cc1C. The Morgan fingerprint density at radius 2 is 1.75 bits per heavy atom. The first-order valence-electron chi connectivity index (χ1n) is 5.49. The van der Waals surface area contributed by atoms with Gasteiger partial charge in [0.2, 0.25) is 0 Å².